The largest absolute Gasteiger partial charge is 0.360 e. The van der Waals surface area contributed by atoms with Crippen molar-refractivity contribution in [2.75, 3.05) is 0 Å². The zero-order chi connectivity index (χ0) is 9.10. The minimum Gasteiger partial charge on any atom is -0.360 e. The van der Waals surface area contributed by atoms with E-state index in [1.165, 1.54) is 29.0 Å². The molecular formula is C11H13NS. The zero-order valence-electron chi connectivity index (χ0n) is 7.71. The average Bonchev–Trinajstić information content (AvgIpc) is 2.70. The quantitative estimate of drug-likeness (QED) is 0.761. The highest BCUT2D eigenvalue weighted by atomic mass is 32.1. The molecule has 0 spiro atoms. The molecule has 1 nitrogen and oxygen atoms in total. The lowest BCUT2D eigenvalue weighted by Gasteiger charge is -1.89. The summed E-state index contributed by atoms with van der Waals surface area (Å²) in [7, 11) is 0. The Balaban J connectivity index is 2.23. The van der Waals surface area contributed by atoms with Gasteiger partial charge in [-0.3, -0.25) is 0 Å². The molecule has 0 saturated carbocycles. The summed E-state index contributed by atoms with van der Waals surface area (Å²) in [6.45, 7) is 2.21. The Morgan fingerprint density at radius 1 is 1.46 bits per heavy atom. The smallest absolute Gasteiger partial charge is 0.0558 e. The zero-order valence-corrected chi connectivity index (χ0v) is 8.53. The van der Waals surface area contributed by atoms with Crippen molar-refractivity contribution < 1.29 is 0 Å². The second-order valence-electron chi connectivity index (χ2n) is 3.15. The second-order valence-corrected chi connectivity index (χ2v) is 4.10. The lowest BCUT2D eigenvalue weighted by atomic mass is 10.2. The van der Waals surface area contributed by atoms with E-state index in [1.807, 2.05) is 0 Å². The van der Waals surface area contributed by atoms with E-state index in [-0.39, 0.29) is 0 Å². The number of thiophene rings is 1. The molecule has 2 aromatic heterocycles. The standard InChI is InChI=1S/C11H13NS/c1-2-4-9-7-10(12-8-9)11-5-3-6-13-11/h3,5-8,12H,2,4H2,1H3. The SMILES string of the molecule is CCCc1c[nH]c(-c2cccs2)c1. The number of nitrogens with one attached hydrogen (secondary N) is 1. The molecule has 0 unspecified atom stereocenters. The molecule has 0 aliphatic heterocycles. The normalized spacial score (nSPS) is 10.5. The highest BCUT2D eigenvalue weighted by molar-refractivity contribution is 7.13. The Morgan fingerprint density at radius 3 is 3.08 bits per heavy atom. The maximum Gasteiger partial charge on any atom is 0.0558 e. The third kappa shape index (κ3) is 1.83. The third-order valence-electron chi connectivity index (χ3n) is 2.07. The molecule has 0 aromatic carbocycles. The highest BCUT2D eigenvalue weighted by Crippen LogP contribution is 2.24. The van der Waals surface area contributed by atoms with Crippen LogP contribution in [0.3, 0.4) is 0 Å². The van der Waals surface area contributed by atoms with Crippen LogP contribution in [0.25, 0.3) is 10.6 Å². The van der Waals surface area contributed by atoms with Gasteiger partial charge in [-0.2, -0.15) is 0 Å². The third-order valence-corrected chi connectivity index (χ3v) is 2.97. The van der Waals surface area contributed by atoms with Crippen molar-refractivity contribution in [3.8, 4) is 10.6 Å². The van der Waals surface area contributed by atoms with Crippen molar-refractivity contribution in [1.82, 2.24) is 4.98 Å². The van der Waals surface area contributed by atoms with E-state index in [1.54, 1.807) is 11.3 Å². The van der Waals surface area contributed by atoms with Gasteiger partial charge in [0.15, 0.2) is 0 Å². The van der Waals surface area contributed by atoms with E-state index in [0.717, 1.165) is 0 Å². The number of aromatic nitrogens is 1. The fourth-order valence-corrected chi connectivity index (χ4v) is 2.15. The van der Waals surface area contributed by atoms with Crippen molar-refractivity contribution in [2.45, 2.75) is 19.8 Å². The van der Waals surface area contributed by atoms with Crippen LogP contribution in [0.5, 0.6) is 0 Å². The van der Waals surface area contributed by atoms with Gasteiger partial charge in [0, 0.05) is 6.20 Å². The Morgan fingerprint density at radius 2 is 2.38 bits per heavy atom. The Bertz CT molecular complexity index is 359. The molecule has 0 saturated heterocycles. The lowest BCUT2D eigenvalue weighted by Crippen LogP contribution is -1.74. The first-order chi connectivity index (χ1) is 6.40. The van der Waals surface area contributed by atoms with E-state index >= 15 is 0 Å². The molecule has 2 aromatic rings. The van der Waals surface area contributed by atoms with Crippen LogP contribution in [0, 0.1) is 0 Å². The van der Waals surface area contributed by atoms with Crippen LogP contribution >= 0.6 is 11.3 Å². The maximum absolute atomic E-state index is 3.30. The average molecular weight is 191 g/mol. The van der Waals surface area contributed by atoms with Crippen molar-refractivity contribution in [3.63, 3.8) is 0 Å². The molecule has 0 fully saturated rings. The first-order valence-corrected chi connectivity index (χ1v) is 5.49. The van der Waals surface area contributed by atoms with Crippen LogP contribution in [0.2, 0.25) is 0 Å². The molecule has 0 aliphatic carbocycles. The topological polar surface area (TPSA) is 15.8 Å². The van der Waals surface area contributed by atoms with E-state index in [4.69, 9.17) is 0 Å². The molecule has 0 aliphatic rings. The molecule has 68 valence electrons. The number of H-pyrrole nitrogens is 1. The summed E-state index contributed by atoms with van der Waals surface area (Å²) in [5.41, 5.74) is 2.66. The molecule has 0 bridgehead atoms. The Kier molecular flexibility index (Phi) is 2.50. The number of rotatable bonds is 3. The summed E-state index contributed by atoms with van der Waals surface area (Å²) in [6.07, 6.45) is 4.49. The maximum atomic E-state index is 3.30. The van der Waals surface area contributed by atoms with Crippen LogP contribution in [0.15, 0.2) is 29.8 Å². The predicted molar refractivity (Wildman–Crippen MR) is 58.1 cm³/mol. The van der Waals surface area contributed by atoms with Crippen molar-refractivity contribution in [3.05, 3.63) is 35.3 Å². The monoisotopic (exact) mass is 191 g/mol. The molecule has 0 atom stereocenters. The van der Waals surface area contributed by atoms with Crippen molar-refractivity contribution in [2.24, 2.45) is 0 Å². The van der Waals surface area contributed by atoms with Gasteiger partial charge in [-0.25, -0.2) is 0 Å². The van der Waals surface area contributed by atoms with Gasteiger partial charge >= 0.3 is 0 Å². The van der Waals surface area contributed by atoms with Gasteiger partial charge in [-0.1, -0.05) is 19.4 Å². The Labute approximate surface area is 82.4 Å². The van der Waals surface area contributed by atoms with Crippen LogP contribution in [-0.4, -0.2) is 4.98 Å². The van der Waals surface area contributed by atoms with Crippen LogP contribution in [0.4, 0.5) is 0 Å². The summed E-state index contributed by atoms with van der Waals surface area (Å²) in [6, 6.07) is 6.47. The first-order valence-electron chi connectivity index (χ1n) is 4.61. The minimum absolute atomic E-state index is 1.17. The number of aryl methyl sites for hydroxylation is 1. The molecule has 2 rings (SSSR count). The molecule has 0 radical (unpaired) electrons. The lowest BCUT2D eigenvalue weighted by molar-refractivity contribution is 0.923. The number of hydrogen-bond donors (Lipinski definition) is 1. The molecule has 1 N–H and O–H groups in total. The van der Waals surface area contributed by atoms with Gasteiger partial charge in [0.05, 0.1) is 10.6 Å². The molecular weight excluding hydrogens is 178 g/mol. The van der Waals surface area contributed by atoms with E-state index in [9.17, 15) is 0 Å². The van der Waals surface area contributed by atoms with Crippen LogP contribution in [0.1, 0.15) is 18.9 Å². The molecule has 13 heavy (non-hydrogen) atoms. The van der Waals surface area contributed by atoms with E-state index in [0.29, 0.717) is 0 Å². The number of hydrogen-bond acceptors (Lipinski definition) is 1. The summed E-state index contributed by atoms with van der Waals surface area (Å²) in [5.74, 6) is 0. The molecule has 2 heterocycles. The summed E-state index contributed by atoms with van der Waals surface area (Å²) in [4.78, 5) is 4.63. The van der Waals surface area contributed by atoms with Gasteiger partial charge in [0.25, 0.3) is 0 Å². The van der Waals surface area contributed by atoms with Gasteiger partial charge in [-0.05, 0) is 29.5 Å². The van der Waals surface area contributed by atoms with E-state index in [2.05, 4.69) is 41.7 Å². The van der Waals surface area contributed by atoms with Crippen molar-refractivity contribution >= 4 is 11.3 Å². The van der Waals surface area contributed by atoms with Gasteiger partial charge in [0.1, 0.15) is 0 Å². The van der Waals surface area contributed by atoms with E-state index < -0.39 is 0 Å². The summed E-state index contributed by atoms with van der Waals surface area (Å²) >= 11 is 1.78. The van der Waals surface area contributed by atoms with Gasteiger partial charge < -0.3 is 4.98 Å². The predicted octanol–water partition coefficient (Wildman–Crippen LogP) is 3.70. The minimum atomic E-state index is 1.17. The van der Waals surface area contributed by atoms with Crippen molar-refractivity contribution in [1.29, 1.82) is 0 Å². The summed E-state index contributed by atoms with van der Waals surface area (Å²) < 4.78 is 0. The molecule has 2 heteroatoms. The number of aromatic amines is 1. The van der Waals surface area contributed by atoms with Gasteiger partial charge in [0.2, 0.25) is 0 Å². The van der Waals surface area contributed by atoms with Crippen LogP contribution in [-0.2, 0) is 6.42 Å². The van der Waals surface area contributed by atoms with Crippen LogP contribution < -0.4 is 0 Å². The second kappa shape index (κ2) is 3.79. The first kappa shape index (κ1) is 8.57. The van der Waals surface area contributed by atoms with Gasteiger partial charge in [-0.15, -0.1) is 11.3 Å². The highest BCUT2D eigenvalue weighted by Gasteiger charge is 2.01. The molecule has 0 amide bonds. The fourth-order valence-electron chi connectivity index (χ4n) is 1.45. The summed E-state index contributed by atoms with van der Waals surface area (Å²) in [5, 5.41) is 2.11. The fraction of sp³-hybridized carbons (Fsp3) is 0.273. The Hall–Kier alpha value is -1.02.